The summed E-state index contributed by atoms with van der Waals surface area (Å²) in [4.78, 5) is 2.20. The summed E-state index contributed by atoms with van der Waals surface area (Å²) in [6.45, 7) is 6.54. The van der Waals surface area contributed by atoms with Crippen molar-refractivity contribution in [2.75, 3.05) is 12.4 Å². The number of hydrogen-bond acceptors (Lipinski definition) is 2. The van der Waals surface area contributed by atoms with E-state index in [1.165, 1.54) is 27.9 Å². The zero-order chi connectivity index (χ0) is 23.9. The number of nitrogens with one attached hydrogen (secondary N) is 1. The molecule has 3 aromatic carbocycles. The van der Waals surface area contributed by atoms with E-state index in [-0.39, 0.29) is 0 Å². The van der Waals surface area contributed by atoms with Crippen LogP contribution in [0.5, 0.6) is 5.75 Å². The molecule has 34 heavy (non-hydrogen) atoms. The molecule has 0 aliphatic rings. The van der Waals surface area contributed by atoms with E-state index in [4.69, 9.17) is 17.0 Å². The summed E-state index contributed by atoms with van der Waals surface area (Å²) < 4.78 is 7.82. The highest BCUT2D eigenvalue weighted by atomic mass is 32.1. The number of anilines is 1. The molecule has 0 fully saturated rings. The van der Waals surface area contributed by atoms with Crippen LogP contribution < -0.4 is 10.1 Å². The molecule has 1 aromatic heterocycles. The van der Waals surface area contributed by atoms with Crippen molar-refractivity contribution in [1.29, 1.82) is 0 Å². The van der Waals surface area contributed by atoms with Gasteiger partial charge >= 0.3 is 0 Å². The van der Waals surface area contributed by atoms with Crippen molar-refractivity contribution in [2.45, 2.75) is 33.5 Å². The average molecular weight is 470 g/mol. The first-order chi connectivity index (χ1) is 16.5. The van der Waals surface area contributed by atoms with Gasteiger partial charge < -0.3 is 19.5 Å². The van der Waals surface area contributed by atoms with E-state index in [1.54, 1.807) is 7.11 Å². The summed E-state index contributed by atoms with van der Waals surface area (Å²) in [7, 11) is 1.67. The molecule has 0 saturated heterocycles. The highest BCUT2D eigenvalue weighted by Crippen LogP contribution is 2.24. The van der Waals surface area contributed by atoms with Crippen molar-refractivity contribution in [3.05, 3.63) is 119 Å². The number of aryl methyl sites for hydroxylation is 2. The number of aromatic nitrogens is 1. The first-order valence-corrected chi connectivity index (χ1v) is 11.9. The molecule has 0 saturated carbocycles. The standard InChI is InChI=1S/C29H31N3OS/c1-22-15-16-25(23(2)18-22)20-31-17-9-12-26(31)21-32(19-24-10-5-4-6-11-24)29(34)30-27-13-7-8-14-28(27)33-3/h4-18H,19-21H2,1-3H3,(H,30,34). The molecule has 1 N–H and O–H groups in total. The Morgan fingerprint density at radius 3 is 2.44 bits per heavy atom. The van der Waals surface area contributed by atoms with E-state index < -0.39 is 0 Å². The Kier molecular flexibility index (Phi) is 7.65. The van der Waals surface area contributed by atoms with Crippen LogP contribution in [-0.4, -0.2) is 21.7 Å². The van der Waals surface area contributed by atoms with Gasteiger partial charge in [-0.05, 0) is 67.0 Å². The molecule has 4 aromatic rings. The largest absolute Gasteiger partial charge is 0.495 e. The lowest BCUT2D eigenvalue weighted by Gasteiger charge is -2.27. The second kappa shape index (κ2) is 11.0. The predicted octanol–water partition coefficient (Wildman–Crippen LogP) is 6.56. The third-order valence-electron chi connectivity index (χ3n) is 5.97. The quantitative estimate of drug-likeness (QED) is 0.296. The second-order valence-electron chi connectivity index (χ2n) is 8.53. The van der Waals surface area contributed by atoms with Gasteiger partial charge in [0.15, 0.2) is 5.11 Å². The molecule has 0 aliphatic heterocycles. The molecule has 4 nitrogen and oxygen atoms in total. The fraction of sp³-hybridized carbons (Fsp3) is 0.207. The van der Waals surface area contributed by atoms with Crippen molar-refractivity contribution in [3.8, 4) is 5.75 Å². The number of benzene rings is 3. The third kappa shape index (κ3) is 5.86. The van der Waals surface area contributed by atoms with Gasteiger partial charge in [0, 0.05) is 25.0 Å². The zero-order valence-corrected chi connectivity index (χ0v) is 20.8. The molecular formula is C29H31N3OS. The number of para-hydroxylation sites is 2. The van der Waals surface area contributed by atoms with E-state index in [9.17, 15) is 0 Å². The normalized spacial score (nSPS) is 10.7. The molecule has 0 atom stereocenters. The van der Waals surface area contributed by atoms with Gasteiger partial charge in [0.05, 0.1) is 19.3 Å². The lowest BCUT2D eigenvalue weighted by Crippen LogP contribution is -2.34. The summed E-state index contributed by atoms with van der Waals surface area (Å²) in [6.07, 6.45) is 2.14. The summed E-state index contributed by atoms with van der Waals surface area (Å²) in [5, 5.41) is 4.06. The minimum absolute atomic E-state index is 0.660. The van der Waals surface area contributed by atoms with Gasteiger partial charge in [0.2, 0.25) is 0 Å². The van der Waals surface area contributed by atoms with Gasteiger partial charge in [-0.3, -0.25) is 0 Å². The smallest absolute Gasteiger partial charge is 0.174 e. The Morgan fingerprint density at radius 2 is 1.68 bits per heavy atom. The minimum atomic E-state index is 0.660. The zero-order valence-electron chi connectivity index (χ0n) is 20.0. The first-order valence-electron chi connectivity index (χ1n) is 11.5. The van der Waals surface area contributed by atoms with E-state index in [2.05, 4.69) is 89.4 Å². The SMILES string of the molecule is COc1ccccc1NC(=S)N(Cc1ccccc1)Cc1cccn1Cc1ccc(C)cc1C. The van der Waals surface area contributed by atoms with Crippen LogP contribution in [0.3, 0.4) is 0 Å². The number of ether oxygens (including phenoxy) is 1. The van der Waals surface area contributed by atoms with Crippen molar-refractivity contribution >= 4 is 23.0 Å². The minimum Gasteiger partial charge on any atom is -0.495 e. The van der Waals surface area contributed by atoms with E-state index in [1.807, 2.05) is 30.3 Å². The van der Waals surface area contributed by atoms with Crippen LogP contribution >= 0.6 is 12.2 Å². The summed E-state index contributed by atoms with van der Waals surface area (Å²) >= 11 is 5.90. The van der Waals surface area contributed by atoms with Gasteiger partial charge in [-0.1, -0.05) is 66.2 Å². The molecule has 1 heterocycles. The van der Waals surface area contributed by atoms with Crippen molar-refractivity contribution in [1.82, 2.24) is 9.47 Å². The third-order valence-corrected chi connectivity index (χ3v) is 6.33. The molecule has 0 amide bonds. The van der Waals surface area contributed by atoms with Gasteiger partial charge in [-0.15, -0.1) is 0 Å². The molecular weight excluding hydrogens is 438 g/mol. The highest BCUT2D eigenvalue weighted by molar-refractivity contribution is 7.80. The van der Waals surface area contributed by atoms with Crippen LogP contribution in [0.2, 0.25) is 0 Å². The Morgan fingerprint density at radius 1 is 0.912 bits per heavy atom. The maximum Gasteiger partial charge on any atom is 0.174 e. The van der Waals surface area contributed by atoms with Crippen LogP contribution in [0.4, 0.5) is 5.69 Å². The molecule has 5 heteroatoms. The summed E-state index contributed by atoms with van der Waals surface area (Å²) in [5.41, 5.74) is 7.20. The highest BCUT2D eigenvalue weighted by Gasteiger charge is 2.15. The lowest BCUT2D eigenvalue weighted by atomic mass is 10.1. The average Bonchev–Trinajstić information content (AvgIpc) is 3.28. The fourth-order valence-electron chi connectivity index (χ4n) is 4.10. The molecule has 0 spiro atoms. The maximum atomic E-state index is 5.90. The Bertz CT molecular complexity index is 1250. The van der Waals surface area contributed by atoms with E-state index in [0.717, 1.165) is 18.0 Å². The molecule has 0 unspecified atom stereocenters. The second-order valence-corrected chi connectivity index (χ2v) is 8.92. The summed E-state index contributed by atoms with van der Waals surface area (Å²) in [5.74, 6) is 0.766. The van der Waals surface area contributed by atoms with Crippen molar-refractivity contribution in [3.63, 3.8) is 0 Å². The molecule has 0 radical (unpaired) electrons. The number of rotatable bonds is 8. The maximum absolute atomic E-state index is 5.90. The van der Waals surface area contributed by atoms with Crippen LogP contribution in [0, 0.1) is 13.8 Å². The van der Waals surface area contributed by atoms with Crippen LogP contribution in [-0.2, 0) is 19.6 Å². The van der Waals surface area contributed by atoms with E-state index >= 15 is 0 Å². The van der Waals surface area contributed by atoms with Crippen molar-refractivity contribution in [2.24, 2.45) is 0 Å². The molecule has 0 bridgehead atoms. The van der Waals surface area contributed by atoms with E-state index in [0.29, 0.717) is 18.2 Å². The Balaban J connectivity index is 1.58. The number of thiocarbonyl (C=S) groups is 1. The van der Waals surface area contributed by atoms with Gasteiger partial charge in [0.25, 0.3) is 0 Å². The van der Waals surface area contributed by atoms with Gasteiger partial charge in [0.1, 0.15) is 5.75 Å². The van der Waals surface area contributed by atoms with Gasteiger partial charge in [-0.2, -0.15) is 0 Å². The van der Waals surface area contributed by atoms with Crippen LogP contribution in [0.15, 0.2) is 91.1 Å². The molecule has 174 valence electrons. The van der Waals surface area contributed by atoms with Gasteiger partial charge in [-0.25, -0.2) is 0 Å². The van der Waals surface area contributed by atoms with Crippen LogP contribution in [0.25, 0.3) is 0 Å². The number of methoxy groups -OCH3 is 1. The monoisotopic (exact) mass is 469 g/mol. The Labute approximate surface area is 207 Å². The molecule has 4 rings (SSSR count). The van der Waals surface area contributed by atoms with Crippen LogP contribution in [0.1, 0.15) is 27.9 Å². The Hall–Kier alpha value is -3.57. The fourth-order valence-corrected chi connectivity index (χ4v) is 4.33. The summed E-state index contributed by atoms with van der Waals surface area (Å²) in [6, 6.07) is 29.2. The first kappa shape index (κ1) is 23.6. The topological polar surface area (TPSA) is 29.4 Å². The molecule has 0 aliphatic carbocycles. The predicted molar refractivity (Wildman–Crippen MR) is 144 cm³/mol. The lowest BCUT2D eigenvalue weighted by molar-refractivity contribution is 0.398. The van der Waals surface area contributed by atoms with Crippen molar-refractivity contribution < 1.29 is 4.74 Å². The number of hydrogen-bond donors (Lipinski definition) is 1. The number of nitrogens with zero attached hydrogens (tertiary/aromatic N) is 2.